The molecule has 1 rings (SSSR count). The fourth-order valence-electron chi connectivity index (χ4n) is 1.54. The Morgan fingerprint density at radius 1 is 1.28 bits per heavy atom. The minimum absolute atomic E-state index is 0.0761. The van der Waals surface area contributed by atoms with Gasteiger partial charge in [-0.2, -0.15) is 0 Å². The van der Waals surface area contributed by atoms with Gasteiger partial charge in [-0.1, -0.05) is 45.9 Å². The van der Waals surface area contributed by atoms with E-state index in [1.54, 1.807) is 6.07 Å². The van der Waals surface area contributed by atoms with Gasteiger partial charge in [0.2, 0.25) is 0 Å². The Balaban J connectivity index is 2.82. The monoisotopic (exact) mass is 250 g/mol. The van der Waals surface area contributed by atoms with E-state index in [0.29, 0.717) is 5.75 Å². The molecule has 18 heavy (non-hydrogen) atoms. The second-order valence-corrected chi connectivity index (χ2v) is 5.43. The van der Waals surface area contributed by atoms with Crippen molar-refractivity contribution in [3.63, 3.8) is 0 Å². The quantitative estimate of drug-likeness (QED) is 0.592. The van der Waals surface area contributed by atoms with Crippen LogP contribution in [0.2, 0.25) is 0 Å². The van der Waals surface area contributed by atoms with Gasteiger partial charge < -0.3 is 9.47 Å². The molecule has 0 fully saturated rings. The van der Waals surface area contributed by atoms with Crippen LogP contribution in [-0.2, 0) is 10.2 Å². The van der Waals surface area contributed by atoms with Gasteiger partial charge in [0, 0.05) is 5.56 Å². The second kappa shape index (κ2) is 5.89. The third-order valence-electron chi connectivity index (χ3n) is 2.76. The largest absolute Gasteiger partial charge is 0.514 e. The summed E-state index contributed by atoms with van der Waals surface area (Å²) in [6.07, 6.45) is 0.0103. The van der Waals surface area contributed by atoms with Crippen LogP contribution >= 0.6 is 0 Å². The third-order valence-corrected chi connectivity index (χ3v) is 2.76. The van der Waals surface area contributed by atoms with Crippen LogP contribution in [0.15, 0.2) is 24.3 Å². The van der Waals surface area contributed by atoms with Crippen molar-refractivity contribution in [1.29, 1.82) is 0 Å². The average Bonchev–Trinajstić information content (AvgIpc) is 2.27. The molecule has 0 spiro atoms. The summed E-state index contributed by atoms with van der Waals surface area (Å²) in [5, 5.41) is 0. The first-order valence-corrected chi connectivity index (χ1v) is 6.32. The number of ether oxygens (including phenoxy) is 2. The molecule has 0 aliphatic heterocycles. The minimum atomic E-state index is -0.638. The van der Waals surface area contributed by atoms with Gasteiger partial charge in [-0.25, -0.2) is 4.79 Å². The predicted octanol–water partition coefficient (Wildman–Crippen LogP) is 4.30. The Labute approximate surface area is 109 Å². The Hall–Kier alpha value is -1.51. The van der Waals surface area contributed by atoms with Gasteiger partial charge in [0.25, 0.3) is 0 Å². The van der Waals surface area contributed by atoms with Crippen LogP contribution in [0, 0.1) is 0 Å². The molecule has 1 unspecified atom stereocenters. The molecule has 0 aliphatic rings. The van der Waals surface area contributed by atoms with Crippen molar-refractivity contribution < 1.29 is 14.3 Å². The molecule has 0 N–H and O–H groups in total. The lowest BCUT2D eigenvalue weighted by molar-refractivity contribution is 0.0639. The lowest BCUT2D eigenvalue weighted by Crippen LogP contribution is -2.20. The molecule has 0 aromatic heterocycles. The molecule has 1 aromatic carbocycles. The summed E-state index contributed by atoms with van der Waals surface area (Å²) in [5.41, 5.74) is 0.916. The molecule has 1 aromatic rings. The molecule has 100 valence electrons. The van der Waals surface area contributed by atoms with Gasteiger partial charge in [-0.3, -0.25) is 0 Å². The molecule has 0 aliphatic carbocycles. The highest BCUT2D eigenvalue weighted by Gasteiger charge is 2.20. The molecular weight excluding hydrogens is 228 g/mol. The van der Waals surface area contributed by atoms with E-state index >= 15 is 0 Å². The van der Waals surface area contributed by atoms with E-state index in [9.17, 15) is 4.79 Å². The molecule has 0 radical (unpaired) electrons. The van der Waals surface area contributed by atoms with Crippen LogP contribution in [0.3, 0.4) is 0 Å². The van der Waals surface area contributed by atoms with Crippen LogP contribution in [0.25, 0.3) is 0 Å². The summed E-state index contributed by atoms with van der Waals surface area (Å²) in [5.74, 6) is 0.568. The summed E-state index contributed by atoms with van der Waals surface area (Å²) in [6.45, 7) is 10.0. The zero-order valence-electron chi connectivity index (χ0n) is 11.8. The fourth-order valence-corrected chi connectivity index (χ4v) is 1.54. The van der Waals surface area contributed by atoms with E-state index in [2.05, 4.69) is 20.8 Å². The molecule has 0 bridgehead atoms. The van der Waals surface area contributed by atoms with Crippen LogP contribution < -0.4 is 4.74 Å². The molecule has 1 atom stereocenters. The smallest absolute Gasteiger partial charge is 0.431 e. The van der Waals surface area contributed by atoms with E-state index < -0.39 is 6.16 Å². The molecule has 3 heteroatoms. The number of carbonyl (C=O) groups excluding carboxylic acids is 1. The highest BCUT2D eigenvalue weighted by Crippen LogP contribution is 2.31. The summed E-state index contributed by atoms with van der Waals surface area (Å²) < 4.78 is 10.4. The van der Waals surface area contributed by atoms with Gasteiger partial charge in [0.1, 0.15) is 11.9 Å². The topological polar surface area (TPSA) is 35.5 Å². The Morgan fingerprint density at radius 2 is 1.89 bits per heavy atom. The first-order valence-electron chi connectivity index (χ1n) is 6.32. The van der Waals surface area contributed by atoms with Crippen molar-refractivity contribution in [2.75, 3.05) is 0 Å². The molecule has 0 saturated heterocycles. The van der Waals surface area contributed by atoms with Crippen molar-refractivity contribution in [3.8, 4) is 5.75 Å². The normalized spacial score (nSPS) is 12.9. The zero-order valence-corrected chi connectivity index (χ0v) is 11.8. The van der Waals surface area contributed by atoms with Crippen LogP contribution in [0.4, 0.5) is 4.79 Å². The number of para-hydroxylation sites is 1. The van der Waals surface area contributed by atoms with Crippen molar-refractivity contribution in [2.24, 2.45) is 0 Å². The molecule has 0 amide bonds. The van der Waals surface area contributed by atoms with E-state index in [0.717, 1.165) is 12.0 Å². The van der Waals surface area contributed by atoms with E-state index in [-0.39, 0.29) is 11.5 Å². The number of hydrogen-bond donors (Lipinski definition) is 0. The Morgan fingerprint density at radius 3 is 2.44 bits per heavy atom. The van der Waals surface area contributed by atoms with Crippen molar-refractivity contribution >= 4 is 6.16 Å². The first-order chi connectivity index (χ1) is 8.34. The fraction of sp³-hybridized carbons (Fsp3) is 0.533. The van der Waals surface area contributed by atoms with Crippen LogP contribution in [0.5, 0.6) is 5.75 Å². The summed E-state index contributed by atoms with van der Waals surface area (Å²) in [7, 11) is 0. The van der Waals surface area contributed by atoms with Gasteiger partial charge in [-0.15, -0.1) is 0 Å². The van der Waals surface area contributed by atoms with Gasteiger partial charge in [0.15, 0.2) is 0 Å². The van der Waals surface area contributed by atoms with Crippen molar-refractivity contribution in [3.05, 3.63) is 29.8 Å². The molecule has 3 nitrogen and oxygen atoms in total. The maximum Gasteiger partial charge on any atom is 0.514 e. The Bertz CT molecular complexity index is 404. The first kappa shape index (κ1) is 14.6. The second-order valence-electron chi connectivity index (χ2n) is 5.43. The van der Waals surface area contributed by atoms with Gasteiger partial charge >= 0.3 is 6.16 Å². The molecule has 0 saturated carbocycles. The van der Waals surface area contributed by atoms with Gasteiger partial charge in [0.05, 0.1) is 0 Å². The van der Waals surface area contributed by atoms with Crippen molar-refractivity contribution in [1.82, 2.24) is 0 Å². The van der Waals surface area contributed by atoms with Crippen LogP contribution in [0.1, 0.15) is 46.6 Å². The number of hydrogen-bond acceptors (Lipinski definition) is 3. The molecular formula is C15H22O3. The van der Waals surface area contributed by atoms with Gasteiger partial charge in [-0.05, 0) is 24.8 Å². The number of benzene rings is 1. The highest BCUT2D eigenvalue weighted by molar-refractivity contribution is 5.65. The maximum absolute atomic E-state index is 11.6. The third kappa shape index (κ3) is 4.06. The zero-order chi connectivity index (χ0) is 13.8. The Kier molecular flexibility index (Phi) is 4.76. The maximum atomic E-state index is 11.6. The molecule has 0 heterocycles. The standard InChI is InChI=1S/C15H22O3/c1-6-11(2)17-14(16)18-13-10-8-7-9-12(13)15(3,4)5/h7-11H,6H2,1-5H3. The number of carbonyl (C=O) groups is 1. The van der Waals surface area contributed by atoms with Crippen molar-refractivity contribution in [2.45, 2.75) is 52.6 Å². The average molecular weight is 250 g/mol. The summed E-state index contributed by atoms with van der Waals surface area (Å²) in [4.78, 5) is 11.6. The predicted molar refractivity (Wildman–Crippen MR) is 72.0 cm³/mol. The number of rotatable bonds is 3. The summed E-state index contributed by atoms with van der Waals surface area (Å²) in [6, 6.07) is 7.54. The lowest BCUT2D eigenvalue weighted by atomic mass is 9.86. The van der Waals surface area contributed by atoms with E-state index in [1.165, 1.54) is 0 Å². The van der Waals surface area contributed by atoms with E-state index in [4.69, 9.17) is 9.47 Å². The van der Waals surface area contributed by atoms with E-state index in [1.807, 2.05) is 32.0 Å². The SMILES string of the molecule is CCC(C)OC(=O)Oc1ccccc1C(C)(C)C. The minimum Gasteiger partial charge on any atom is -0.431 e. The summed E-state index contributed by atoms with van der Waals surface area (Å²) >= 11 is 0. The lowest BCUT2D eigenvalue weighted by Gasteiger charge is -2.22. The highest BCUT2D eigenvalue weighted by atomic mass is 16.7. The van der Waals surface area contributed by atoms with Crippen LogP contribution in [-0.4, -0.2) is 12.3 Å².